The molecule has 8 heteroatoms. The minimum absolute atomic E-state index is 0.388. The van der Waals surface area contributed by atoms with Crippen LogP contribution in [0.1, 0.15) is 55.2 Å². The summed E-state index contributed by atoms with van der Waals surface area (Å²) in [6, 6.07) is 9.17. The Morgan fingerprint density at radius 3 is 2.79 bits per heavy atom. The summed E-state index contributed by atoms with van der Waals surface area (Å²) >= 11 is 0. The van der Waals surface area contributed by atoms with Crippen LogP contribution in [0, 0.1) is 6.92 Å². The van der Waals surface area contributed by atoms with Gasteiger partial charge >= 0.3 is 0 Å². The molecule has 1 fully saturated rings. The molecule has 0 atom stereocenters. The van der Waals surface area contributed by atoms with Gasteiger partial charge in [-0.25, -0.2) is 9.50 Å². The van der Waals surface area contributed by atoms with Crippen LogP contribution >= 0.6 is 0 Å². The third-order valence-electron chi connectivity index (χ3n) is 7.02. The van der Waals surface area contributed by atoms with E-state index in [1.165, 1.54) is 27.7 Å². The quantitative estimate of drug-likeness (QED) is 0.258. The van der Waals surface area contributed by atoms with Gasteiger partial charge < -0.3 is 16.1 Å². The normalized spacial score (nSPS) is 16.2. The van der Waals surface area contributed by atoms with Crippen molar-refractivity contribution in [2.45, 2.75) is 45.4 Å². The largest absolute Gasteiger partial charge is 0.400 e. The lowest BCUT2D eigenvalue weighted by Crippen LogP contribution is -2.36. The molecule has 1 aromatic carbocycles. The monoisotopic (exact) mass is 458 g/mol. The molecule has 0 amide bonds. The highest BCUT2D eigenvalue weighted by Gasteiger charge is 2.23. The lowest BCUT2D eigenvalue weighted by Gasteiger charge is -2.32. The summed E-state index contributed by atoms with van der Waals surface area (Å²) in [5, 5.41) is 5.69. The molecule has 0 saturated carbocycles. The van der Waals surface area contributed by atoms with E-state index in [0.29, 0.717) is 11.8 Å². The van der Waals surface area contributed by atoms with Crippen molar-refractivity contribution in [2.24, 2.45) is 11.6 Å². The molecule has 0 radical (unpaired) electrons. The molecule has 6 N–H and O–H groups in total. The Balaban J connectivity index is 1.45. The zero-order chi connectivity index (χ0) is 23.8. The Labute approximate surface area is 200 Å². The first-order chi connectivity index (χ1) is 16.4. The standard InChI is InChI=1S/C26H34N8/c1-16(2)24-22-11-19(18-6-8-33(9-7-18)14-21(27)12-30-28)4-5-23(22)32-25(24)20-10-17(3)26-29-15-31-34(26)13-20/h4-5,10-13,15-16,18,30,32H,6-9,14,27-28H2,1-3H3/b21-12-. The van der Waals surface area contributed by atoms with Gasteiger partial charge in [0.2, 0.25) is 0 Å². The third kappa shape index (κ3) is 4.15. The van der Waals surface area contributed by atoms with E-state index >= 15 is 0 Å². The second-order valence-corrected chi connectivity index (χ2v) is 9.75. The average Bonchev–Trinajstić information content (AvgIpc) is 3.44. The van der Waals surface area contributed by atoms with E-state index in [2.05, 4.69) is 76.6 Å². The fourth-order valence-corrected chi connectivity index (χ4v) is 5.38. The van der Waals surface area contributed by atoms with Crippen molar-refractivity contribution in [3.05, 3.63) is 65.4 Å². The van der Waals surface area contributed by atoms with Gasteiger partial charge in [0.15, 0.2) is 5.65 Å². The van der Waals surface area contributed by atoms with Gasteiger partial charge in [-0.2, -0.15) is 5.10 Å². The Morgan fingerprint density at radius 2 is 2.06 bits per heavy atom. The van der Waals surface area contributed by atoms with Gasteiger partial charge in [-0.1, -0.05) is 19.9 Å². The summed E-state index contributed by atoms with van der Waals surface area (Å²) in [6.07, 6.45) is 7.61. The molecule has 178 valence electrons. The molecule has 4 aromatic rings. The zero-order valence-corrected chi connectivity index (χ0v) is 20.2. The number of aromatic nitrogens is 4. The summed E-state index contributed by atoms with van der Waals surface area (Å²) in [7, 11) is 0. The molecular formula is C26H34N8. The number of fused-ring (bicyclic) bond motifs is 2. The van der Waals surface area contributed by atoms with Crippen molar-refractivity contribution in [2.75, 3.05) is 19.6 Å². The van der Waals surface area contributed by atoms with Crippen molar-refractivity contribution >= 4 is 16.6 Å². The van der Waals surface area contributed by atoms with Gasteiger partial charge in [-0.15, -0.1) is 0 Å². The average molecular weight is 459 g/mol. The molecule has 1 aliphatic rings. The summed E-state index contributed by atoms with van der Waals surface area (Å²) in [5.41, 5.74) is 17.6. The van der Waals surface area contributed by atoms with Crippen LogP contribution in [0.15, 0.2) is 48.7 Å². The minimum Gasteiger partial charge on any atom is -0.400 e. The van der Waals surface area contributed by atoms with Crippen LogP contribution in [-0.4, -0.2) is 44.1 Å². The lowest BCUT2D eigenvalue weighted by atomic mass is 9.87. The molecule has 1 saturated heterocycles. The van der Waals surface area contributed by atoms with E-state index in [9.17, 15) is 0 Å². The van der Waals surface area contributed by atoms with E-state index < -0.39 is 0 Å². The van der Waals surface area contributed by atoms with Gasteiger partial charge in [0.1, 0.15) is 6.33 Å². The second kappa shape index (κ2) is 9.12. The topological polar surface area (TPSA) is 113 Å². The molecule has 4 heterocycles. The number of pyridine rings is 1. The van der Waals surface area contributed by atoms with Gasteiger partial charge in [0.25, 0.3) is 0 Å². The molecule has 8 nitrogen and oxygen atoms in total. The van der Waals surface area contributed by atoms with Crippen molar-refractivity contribution in [3.63, 3.8) is 0 Å². The van der Waals surface area contributed by atoms with Crippen LogP contribution in [0.4, 0.5) is 0 Å². The van der Waals surface area contributed by atoms with E-state index in [4.69, 9.17) is 11.6 Å². The number of nitrogens with zero attached hydrogens (tertiary/aromatic N) is 4. The summed E-state index contributed by atoms with van der Waals surface area (Å²) in [5.74, 6) is 6.29. The van der Waals surface area contributed by atoms with Gasteiger partial charge in [-0.05, 0) is 79.6 Å². The van der Waals surface area contributed by atoms with Gasteiger partial charge in [0, 0.05) is 41.1 Å². The molecule has 0 spiro atoms. The van der Waals surface area contributed by atoms with Gasteiger partial charge in [-0.3, -0.25) is 10.7 Å². The van der Waals surface area contributed by atoms with Gasteiger partial charge in [0.05, 0.1) is 5.69 Å². The van der Waals surface area contributed by atoms with Crippen molar-refractivity contribution in [1.29, 1.82) is 0 Å². The molecule has 0 unspecified atom stereocenters. The van der Waals surface area contributed by atoms with Crippen LogP contribution in [-0.2, 0) is 0 Å². The predicted octanol–water partition coefficient (Wildman–Crippen LogP) is 3.75. The molecular weight excluding hydrogens is 424 g/mol. The first kappa shape index (κ1) is 22.4. The predicted molar refractivity (Wildman–Crippen MR) is 137 cm³/mol. The fraction of sp³-hybridized carbons (Fsp3) is 0.385. The molecule has 5 rings (SSSR count). The lowest BCUT2D eigenvalue weighted by molar-refractivity contribution is 0.227. The maximum Gasteiger partial charge on any atom is 0.158 e. The molecule has 34 heavy (non-hydrogen) atoms. The molecule has 0 aliphatic carbocycles. The Kier molecular flexibility index (Phi) is 6.02. The number of H-pyrrole nitrogens is 1. The molecule has 0 bridgehead atoms. The van der Waals surface area contributed by atoms with E-state index in [0.717, 1.165) is 54.9 Å². The number of rotatable bonds is 6. The summed E-state index contributed by atoms with van der Waals surface area (Å²) in [6.45, 7) is 9.46. The number of nitrogens with one attached hydrogen (secondary N) is 2. The SMILES string of the molecule is Cc1cc(-c2[nH]c3ccc(C4CCN(C/C(N)=C/NN)CC4)cc3c2C(C)C)cn2ncnc12. The Bertz CT molecular complexity index is 1340. The number of aromatic amines is 1. The number of nitrogens with two attached hydrogens (primary N) is 2. The highest BCUT2D eigenvalue weighted by Crippen LogP contribution is 2.38. The number of piperidine rings is 1. The van der Waals surface area contributed by atoms with Crippen molar-refractivity contribution < 1.29 is 0 Å². The van der Waals surface area contributed by atoms with E-state index in [1.807, 2.05) is 4.52 Å². The van der Waals surface area contributed by atoms with Crippen LogP contribution in [0.2, 0.25) is 0 Å². The first-order valence-electron chi connectivity index (χ1n) is 12.0. The number of aryl methyl sites for hydroxylation is 1. The number of hydrogen-bond donors (Lipinski definition) is 4. The number of benzene rings is 1. The van der Waals surface area contributed by atoms with Crippen LogP contribution < -0.4 is 17.0 Å². The number of hydrogen-bond acceptors (Lipinski definition) is 6. The maximum absolute atomic E-state index is 6.02. The highest BCUT2D eigenvalue weighted by atomic mass is 15.3. The molecule has 3 aromatic heterocycles. The van der Waals surface area contributed by atoms with Crippen LogP contribution in [0.25, 0.3) is 27.8 Å². The Hall–Kier alpha value is -3.36. The van der Waals surface area contributed by atoms with E-state index in [-0.39, 0.29) is 0 Å². The highest BCUT2D eigenvalue weighted by molar-refractivity contribution is 5.92. The minimum atomic E-state index is 0.388. The number of hydrazine groups is 1. The summed E-state index contributed by atoms with van der Waals surface area (Å²) < 4.78 is 1.87. The second-order valence-electron chi connectivity index (χ2n) is 9.75. The van der Waals surface area contributed by atoms with Crippen molar-refractivity contribution in [1.82, 2.24) is 29.9 Å². The summed E-state index contributed by atoms with van der Waals surface area (Å²) in [4.78, 5) is 10.5. The van der Waals surface area contributed by atoms with Crippen LogP contribution in [0.3, 0.4) is 0 Å². The van der Waals surface area contributed by atoms with Crippen LogP contribution in [0.5, 0.6) is 0 Å². The maximum atomic E-state index is 6.02. The number of likely N-dealkylation sites (tertiary alicyclic amines) is 1. The fourth-order valence-electron chi connectivity index (χ4n) is 5.38. The first-order valence-corrected chi connectivity index (χ1v) is 12.0. The smallest absolute Gasteiger partial charge is 0.158 e. The zero-order valence-electron chi connectivity index (χ0n) is 20.2. The Morgan fingerprint density at radius 1 is 1.26 bits per heavy atom. The van der Waals surface area contributed by atoms with E-state index in [1.54, 1.807) is 12.5 Å². The van der Waals surface area contributed by atoms with Crippen molar-refractivity contribution in [3.8, 4) is 11.3 Å². The molecule has 1 aliphatic heterocycles. The third-order valence-corrected chi connectivity index (χ3v) is 7.02.